The average molecular weight is 434 g/mol. The molecule has 0 atom stereocenters. The quantitative estimate of drug-likeness (QED) is 0.373. The Hall–Kier alpha value is -4.00. The Morgan fingerprint density at radius 2 is 1.78 bits per heavy atom. The van der Waals surface area contributed by atoms with Crippen LogP contribution in [0.15, 0.2) is 69.9 Å². The van der Waals surface area contributed by atoms with Gasteiger partial charge in [0.1, 0.15) is 22.9 Å². The van der Waals surface area contributed by atoms with Crippen LogP contribution in [0.25, 0.3) is 22.1 Å². The number of hydrogen-bond donors (Lipinski definition) is 2. The lowest BCUT2D eigenvalue weighted by Crippen LogP contribution is -2.24. The molecular weight excluding hydrogens is 414 g/mol. The normalized spacial score (nSPS) is 10.9. The molecule has 0 radical (unpaired) electrons. The van der Waals surface area contributed by atoms with E-state index in [1.165, 1.54) is 0 Å². The topological polar surface area (TPSA) is 71.3 Å². The van der Waals surface area contributed by atoms with Crippen LogP contribution in [0, 0.1) is 18.6 Å². The molecule has 0 saturated heterocycles. The first-order chi connectivity index (χ1) is 15.4. The summed E-state index contributed by atoms with van der Waals surface area (Å²) in [5, 5.41) is 5.48. The van der Waals surface area contributed by atoms with Crippen molar-refractivity contribution in [1.29, 1.82) is 0 Å². The molecule has 2 N–H and O–H groups in total. The van der Waals surface area contributed by atoms with Gasteiger partial charge in [-0.25, -0.2) is 18.4 Å². The minimum atomic E-state index is -0.933. The monoisotopic (exact) mass is 434 g/mol. The van der Waals surface area contributed by atoms with Crippen molar-refractivity contribution in [2.24, 2.45) is 0 Å². The van der Waals surface area contributed by atoms with Gasteiger partial charge >= 0.3 is 11.7 Å². The summed E-state index contributed by atoms with van der Waals surface area (Å²) >= 11 is 0. The van der Waals surface area contributed by atoms with Crippen LogP contribution in [0.3, 0.4) is 0 Å². The summed E-state index contributed by atoms with van der Waals surface area (Å²) < 4.78 is 32.6. The number of aryl methyl sites for hydroxylation is 2. The third-order valence-electron chi connectivity index (χ3n) is 5.21. The molecule has 5 nitrogen and oxygen atoms in total. The van der Waals surface area contributed by atoms with E-state index in [0.29, 0.717) is 22.6 Å². The number of urea groups is 1. The maximum atomic E-state index is 14.0. The standard InChI is InChI=1S/C25H20F2N2O3/c1-3-15-8-11-21-18(12-15)22(17-7-5-4-6-14(17)2)23(24(30)32-21)29-25(31)28-20-10-9-16(26)13-19(20)27/h4-13H,3H2,1-2H3,(H2,28,29,31). The van der Waals surface area contributed by atoms with E-state index in [0.717, 1.165) is 35.2 Å². The molecule has 0 unspecified atom stereocenters. The number of hydrogen-bond acceptors (Lipinski definition) is 3. The van der Waals surface area contributed by atoms with E-state index in [1.807, 2.05) is 50.2 Å². The molecule has 1 aromatic heterocycles. The Bertz CT molecular complexity index is 1400. The molecule has 32 heavy (non-hydrogen) atoms. The van der Waals surface area contributed by atoms with Gasteiger partial charge in [0.2, 0.25) is 0 Å². The van der Waals surface area contributed by atoms with Crippen LogP contribution >= 0.6 is 0 Å². The maximum absolute atomic E-state index is 14.0. The van der Waals surface area contributed by atoms with Crippen molar-refractivity contribution < 1.29 is 18.0 Å². The number of benzene rings is 3. The second-order valence-corrected chi connectivity index (χ2v) is 7.34. The van der Waals surface area contributed by atoms with Crippen molar-refractivity contribution in [3.63, 3.8) is 0 Å². The molecule has 0 aliphatic rings. The van der Waals surface area contributed by atoms with Gasteiger partial charge in [-0.15, -0.1) is 0 Å². The Morgan fingerprint density at radius 1 is 1.00 bits per heavy atom. The Labute approximate surface area is 182 Å². The van der Waals surface area contributed by atoms with Gasteiger partial charge in [0.25, 0.3) is 0 Å². The fraction of sp³-hybridized carbons (Fsp3) is 0.120. The third-order valence-corrected chi connectivity index (χ3v) is 5.21. The number of nitrogens with one attached hydrogen (secondary N) is 2. The molecule has 7 heteroatoms. The van der Waals surface area contributed by atoms with Crippen LogP contribution < -0.4 is 16.3 Å². The predicted molar refractivity (Wildman–Crippen MR) is 121 cm³/mol. The van der Waals surface area contributed by atoms with E-state index in [4.69, 9.17) is 4.42 Å². The summed E-state index contributed by atoms with van der Waals surface area (Å²) in [5.41, 5.74) is 2.55. The predicted octanol–water partition coefficient (Wildman–Crippen LogP) is 6.25. The van der Waals surface area contributed by atoms with Crippen LogP contribution in [0.2, 0.25) is 0 Å². The Balaban J connectivity index is 1.85. The molecular formula is C25H20F2N2O3. The summed E-state index contributed by atoms with van der Waals surface area (Å²) in [7, 11) is 0. The molecule has 0 bridgehead atoms. The van der Waals surface area contributed by atoms with Crippen LogP contribution in [-0.2, 0) is 6.42 Å². The van der Waals surface area contributed by atoms with Gasteiger partial charge in [-0.2, -0.15) is 0 Å². The van der Waals surface area contributed by atoms with E-state index in [-0.39, 0.29) is 11.4 Å². The molecule has 0 aliphatic heterocycles. The number of fused-ring (bicyclic) bond motifs is 1. The molecule has 4 aromatic rings. The smallest absolute Gasteiger partial charge is 0.360 e. The van der Waals surface area contributed by atoms with Crippen LogP contribution in [0.5, 0.6) is 0 Å². The fourth-order valence-electron chi connectivity index (χ4n) is 3.57. The minimum Gasteiger partial charge on any atom is -0.421 e. The highest BCUT2D eigenvalue weighted by Crippen LogP contribution is 2.36. The number of amides is 2. The molecule has 0 spiro atoms. The second-order valence-electron chi connectivity index (χ2n) is 7.34. The van der Waals surface area contributed by atoms with Gasteiger partial charge in [0.15, 0.2) is 0 Å². The summed E-state index contributed by atoms with van der Waals surface area (Å²) in [6.45, 7) is 3.91. The second kappa shape index (κ2) is 8.63. The van der Waals surface area contributed by atoms with Crippen molar-refractivity contribution in [3.8, 4) is 11.1 Å². The zero-order chi connectivity index (χ0) is 22.8. The van der Waals surface area contributed by atoms with E-state index in [2.05, 4.69) is 10.6 Å². The van der Waals surface area contributed by atoms with E-state index >= 15 is 0 Å². The largest absolute Gasteiger partial charge is 0.421 e. The van der Waals surface area contributed by atoms with Gasteiger partial charge < -0.3 is 15.1 Å². The van der Waals surface area contributed by atoms with Gasteiger partial charge in [-0.1, -0.05) is 37.3 Å². The van der Waals surface area contributed by atoms with E-state index in [9.17, 15) is 18.4 Å². The van der Waals surface area contributed by atoms with Gasteiger partial charge in [-0.05, 0) is 54.3 Å². The Kier molecular flexibility index (Phi) is 5.73. The van der Waals surface area contributed by atoms with Gasteiger partial charge in [0, 0.05) is 17.0 Å². The molecule has 3 aromatic carbocycles. The van der Waals surface area contributed by atoms with Crippen LogP contribution in [0.4, 0.5) is 25.0 Å². The summed E-state index contributed by atoms with van der Waals surface area (Å²) in [4.78, 5) is 25.5. The number of carbonyl (C=O) groups is 1. The van der Waals surface area contributed by atoms with Gasteiger partial charge in [0.05, 0.1) is 5.69 Å². The third kappa shape index (κ3) is 4.09. The zero-order valence-corrected chi connectivity index (χ0v) is 17.5. The van der Waals surface area contributed by atoms with Crippen molar-refractivity contribution in [1.82, 2.24) is 0 Å². The lowest BCUT2D eigenvalue weighted by Gasteiger charge is -2.16. The molecule has 2 amide bonds. The summed E-state index contributed by atoms with van der Waals surface area (Å²) in [6, 6.07) is 14.9. The number of halogens is 2. The van der Waals surface area contributed by atoms with Crippen LogP contribution in [-0.4, -0.2) is 6.03 Å². The lowest BCUT2D eigenvalue weighted by atomic mass is 9.95. The highest BCUT2D eigenvalue weighted by atomic mass is 19.1. The SMILES string of the molecule is CCc1ccc2oc(=O)c(NC(=O)Nc3ccc(F)cc3F)c(-c3ccccc3C)c2c1. The number of anilines is 2. The maximum Gasteiger partial charge on any atom is 0.360 e. The van der Waals surface area contributed by atoms with E-state index < -0.39 is 23.3 Å². The summed E-state index contributed by atoms with van der Waals surface area (Å²) in [5.74, 6) is -1.70. The lowest BCUT2D eigenvalue weighted by molar-refractivity contribution is 0.262. The minimum absolute atomic E-state index is 0.0694. The van der Waals surface area contributed by atoms with Crippen molar-refractivity contribution in [3.05, 3.63) is 93.8 Å². The molecule has 0 fully saturated rings. The molecule has 0 aliphatic carbocycles. The zero-order valence-electron chi connectivity index (χ0n) is 17.5. The molecule has 1 heterocycles. The summed E-state index contributed by atoms with van der Waals surface area (Å²) in [6.07, 6.45) is 0.773. The Morgan fingerprint density at radius 3 is 2.50 bits per heavy atom. The first-order valence-corrected chi connectivity index (χ1v) is 10.1. The first-order valence-electron chi connectivity index (χ1n) is 10.1. The average Bonchev–Trinajstić information content (AvgIpc) is 2.77. The molecule has 0 saturated carbocycles. The molecule has 4 rings (SSSR count). The van der Waals surface area contributed by atoms with Gasteiger partial charge in [-0.3, -0.25) is 0 Å². The van der Waals surface area contributed by atoms with Crippen molar-refractivity contribution in [2.75, 3.05) is 10.6 Å². The van der Waals surface area contributed by atoms with Crippen molar-refractivity contribution >= 4 is 28.4 Å². The van der Waals surface area contributed by atoms with Crippen molar-refractivity contribution in [2.45, 2.75) is 20.3 Å². The highest BCUT2D eigenvalue weighted by Gasteiger charge is 2.20. The highest BCUT2D eigenvalue weighted by molar-refractivity contribution is 6.07. The van der Waals surface area contributed by atoms with Crippen LogP contribution in [0.1, 0.15) is 18.1 Å². The number of carbonyl (C=O) groups excluding carboxylic acids is 1. The van der Waals surface area contributed by atoms with E-state index in [1.54, 1.807) is 6.07 Å². The number of rotatable bonds is 4. The fourth-order valence-corrected chi connectivity index (χ4v) is 3.57. The molecule has 162 valence electrons. The first kappa shape index (κ1) is 21.2.